The first kappa shape index (κ1) is 21.1. The van der Waals surface area contributed by atoms with Crippen molar-refractivity contribution in [1.82, 2.24) is 0 Å². The maximum absolute atomic E-state index is 10.6. The van der Waals surface area contributed by atoms with E-state index in [9.17, 15) is 20.4 Å². The van der Waals surface area contributed by atoms with Gasteiger partial charge in [-0.2, -0.15) is 0 Å². The third-order valence-electron chi connectivity index (χ3n) is 6.41. The second kappa shape index (κ2) is 8.64. The number of hydrogen-bond donors (Lipinski definition) is 4. The molecule has 3 aliphatic rings. The Labute approximate surface area is 185 Å². The van der Waals surface area contributed by atoms with Crippen LogP contribution in [0.2, 0.25) is 0 Å². The van der Waals surface area contributed by atoms with Crippen molar-refractivity contribution >= 4 is 11.8 Å². The van der Waals surface area contributed by atoms with Crippen molar-refractivity contribution in [3.05, 3.63) is 58.7 Å². The predicted molar refractivity (Wildman–Crippen MR) is 118 cm³/mol. The molecule has 0 radical (unpaired) electrons. The molecule has 2 heterocycles. The van der Waals surface area contributed by atoms with Crippen molar-refractivity contribution in [3.63, 3.8) is 0 Å². The predicted octanol–water partition coefficient (Wildman–Crippen LogP) is 2.16. The number of aliphatic hydroxyl groups excluding tert-OH is 4. The van der Waals surface area contributed by atoms with Gasteiger partial charge < -0.3 is 29.9 Å². The van der Waals surface area contributed by atoms with Crippen molar-refractivity contribution in [2.24, 2.45) is 0 Å². The fraction of sp³-hybridized carbons (Fsp3) is 0.500. The van der Waals surface area contributed by atoms with Gasteiger partial charge in [0.1, 0.15) is 19.3 Å². The van der Waals surface area contributed by atoms with E-state index in [1.165, 1.54) is 35.7 Å². The molecular formula is C24H28O6S. The van der Waals surface area contributed by atoms with Crippen LogP contribution in [-0.4, -0.2) is 63.8 Å². The van der Waals surface area contributed by atoms with Crippen molar-refractivity contribution in [2.45, 2.75) is 54.0 Å². The SMILES string of the molecule is OC[C@H]1SC(c2ccc(C3CC3)c(Cc3ccc4c(c3)OCCO4)c2)[C@H](O)[C@@H](O)[C@@H]1O. The Bertz CT molecular complexity index is 944. The first-order valence-electron chi connectivity index (χ1n) is 10.9. The van der Waals surface area contributed by atoms with Crippen LogP contribution < -0.4 is 9.47 Å². The van der Waals surface area contributed by atoms with Crippen LogP contribution in [-0.2, 0) is 6.42 Å². The van der Waals surface area contributed by atoms with Gasteiger partial charge in [0.2, 0.25) is 0 Å². The van der Waals surface area contributed by atoms with E-state index in [1.54, 1.807) is 0 Å². The molecule has 0 spiro atoms. The van der Waals surface area contributed by atoms with Crippen LogP contribution in [0.1, 0.15) is 46.3 Å². The molecule has 2 aromatic rings. The van der Waals surface area contributed by atoms with Crippen LogP contribution in [0.3, 0.4) is 0 Å². The standard InChI is InChI=1S/C24H28O6S/c25-12-20-21(26)22(27)23(28)24(31-20)15-4-5-17(14-2-3-14)16(11-15)9-13-1-6-18-19(10-13)30-8-7-29-18/h1,4-6,10-11,14,20-28H,2-3,7-9,12H2/t20-,21-,22+,23-,24?/m1/s1. The van der Waals surface area contributed by atoms with E-state index in [0.29, 0.717) is 19.1 Å². The van der Waals surface area contributed by atoms with Gasteiger partial charge in [-0.05, 0) is 59.6 Å². The molecule has 1 unspecified atom stereocenters. The maximum atomic E-state index is 10.6. The zero-order chi connectivity index (χ0) is 21.5. The molecule has 2 aromatic carbocycles. The molecule has 7 heteroatoms. The molecule has 2 aliphatic heterocycles. The summed E-state index contributed by atoms with van der Waals surface area (Å²) in [6.07, 6.45) is -0.427. The highest BCUT2D eigenvalue weighted by Gasteiger charge is 2.43. The Kier molecular flexibility index (Phi) is 5.88. The average Bonchev–Trinajstić information content (AvgIpc) is 3.63. The quantitative estimate of drug-likeness (QED) is 0.561. The maximum Gasteiger partial charge on any atom is 0.161 e. The van der Waals surface area contributed by atoms with Gasteiger partial charge in [0, 0.05) is 0 Å². The number of thioether (sulfide) groups is 1. The van der Waals surface area contributed by atoms with E-state index in [4.69, 9.17) is 9.47 Å². The van der Waals surface area contributed by atoms with Crippen LogP contribution in [0.5, 0.6) is 11.5 Å². The monoisotopic (exact) mass is 444 g/mol. The topological polar surface area (TPSA) is 99.4 Å². The van der Waals surface area contributed by atoms with Crippen LogP contribution >= 0.6 is 11.8 Å². The molecular weight excluding hydrogens is 416 g/mol. The molecule has 166 valence electrons. The summed E-state index contributed by atoms with van der Waals surface area (Å²) >= 11 is 1.32. The lowest BCUT2D eigenvalue weighted by Gasteiger charge is -2.39. The van der Waals surface area contributed by atoms with Gasteiger partial charge in [-0.15, -0.1) is 11.8 Å². The second-order valence-corrected chi connectivity index (χ2v) is 10.0. The Morgan fingerprint density at radius 2 is 1.65 bits per heavy atom. The number of benzene rings is 2. The van der Waals surface area contributed by atoms with E-state index >= 15 is 0 Å². The summed E-state index contributed by atoms with van der Waals surface area (Å²) in [7, 11) is 0. The fourth-order valence-corrected chi connectivity index (χ4v) is 5.95. The average molecular weight is 445 g/mol. The van der Waals surface area contributed by atoms with E-state index in [-0.39, 0.29) is 6.61 Å². The molecule has 0 aromatic heterocycles. The Balaban J connectivity index is 1.45. The van der Waals surface area contributed by atoms with Gasteiger partial charge in [0.25, 0.3) is 0 Å². The van der Waals surface area contributed by atoms with Crippen molar-refractivity contribution in [1.29, 1.82) is 0 Å². The molecule has 6 nitrogen and oxygen atoms in total. The van der Waals surface area contributed by atoms with Crippen LogP contribution in [0, 0.1) is 0 Å². The third kappa shape index (κ3) is 4.17. The lowest BCUT2D eigenvalue weighted by molar-refractivity contribution is -0.0700. The van der Waals surface area contributed by atoms with Crippen molar-refractivity contribution in [3.8, 4) is 11.5 Å². The lowest BCUT2D eigenvalue weighted by atomic mass is 9.91. The highest BCUT2D eigenvalue weighted by atomic mass is 32.2. The molecule has 1 saturated carbocycles. The number of aliphatic hydroxyl groups is 4. The smallest absolute Gasteiger partial charge is 0.161 e. The Morgan fingerprint density at radius 3 is 2.39 bits per heavy atom. The Morgan fingerprint density at radius 1 is 0.871 bits per heavy atom. The van der Waals surface area contributed by atoms with Gasteiger partial charge in [-0.25, -0.2) is 0 Å². The highest BCUT2D eigenvalue weighted by Crippen LogP contribution is 2.46. The molecule has 31 heavy (non-hydrogen) atoms. The minimum absolute atomic E-state index is 0.254. The summed E-state index contributed by atoms with van der Waals surface area (Å²) in [5.41, 5.74) is 4.56. The second-order valence-electron chi connectivity index (χ2n) is 8.64. The molecule has 4 N–H and O–H groups in total. The van der Waals surface area contributed by atoms with Crippen molar-refractivity contribution in [2.75, 3.05) is 19.8 Å². The van der Waals surface area contributed by atoms with Gasteiger partial charge >= 0.3 is 0 Å². The van der Waals surface area contributed by atoms with E-state index < -0.39 is 28.8 Å². The zero-order valence-corrected chi connectivity index (χ0v) is 18.0. The van der Waals surface area contributed by atoms with Gasteiger partial charge in [0.05, 0.1) is 29.3 Å². The first-order chi connectivity index (χ1) is 15.0. The van der Waals surface area contributed by atoms with Crippen LogP contribution in [0.25, 0.3) is 0 Å². The minimum Gasteiger partial charge on any atom is -0.486 e. The van der Waals surface area contributed by atoms with Crippen LogP contribution in [0.4, 0.5) is 0 Å². The minimum atomic E-state index is -1.28. The van der Waals surface area contributed by atoms with E-state index in [0.717, 1.165) is 29.0 Å². The molecule has 1 aliphatic carbocycles. The fourth-order valence-electron chi connectivity index (χ4n) is 4.54. The molecule has 0 bridgehead atoms. The van der Waals surface area contributed by atoms with Crippen LogP contribution in [0.15, 0.2) is 36.4 Å². The van der Waals surface area contributed by atoms with Gasteiger partial charge in [0.15, 0.2) is 11.5 Å². The molecule has 0 amide bonds. The number of ether oxygens (including phenoxy) is 2. The summed E-state index contributed by atoms with van der Waals surface area (Å²) in [6, 6.07) is 12.3. The molecule has 5 rings (SSSR count). The summed E-state index contributed by atoms with van der Waals surface area (Å²) < 4.78 is 11.4. The molecule has 5 atom stereocenters. The molecule has 2 fully saturated rings. The van der Waals surface area contributed by atoms with E-state index in [2.05, 4.69) is 18.2 Å². The first-order valence-corrected chi connectivity index (χ1v) is 11.8. The largest absolute Gasteiger partial charge is 0.486 e. The number of rotatable bonds is 5. The number of hydrogen-bond acceptors (Lipinski definition) is 7. The number of fused-ring (bicyclic) bond motifs is 1. The zero-order valence-electron chi connectivity index (χ0n) is 17.2. The highest BCUT2D eigenvalue weighted by molar-refractivity contribution is 8.00. The van der Waals surface area contributed by atoms with E-state index in [1.807, 2.05) is 18.2 Å². The summed E-state index contributed by atoms with van der Waals surface area (Å²) in [6.45, 7) is 0.865. The lowest BCUT2D eigenvalue weighted by Crippen LogP contribution is -2.51. The summed E-state index contributed by atoms with van der Waals surface area (Å²) in [5.74, 6) is 2.12. The normalized spacial score (nSPS) is 30.3. The van der Waals surface area contributed by atoms with Crippen molar-refractivity contribution < 1.29 is 29.9 Å². The summed E-state index contributed by atoms with van der Waals surface area (Å²) in [5, 5.41) is 39.7. The van der Waals surface area contributed by atoms with Gasteiger partial charge in [-0.3, -0.25) is 0 Å². The summed E-state index contributed by atoms with van der Waals surface area (Å²) in [4.78, 5) is 0. The molecule has 1 saturated heterocycles. The third-order valence-corrected chi connectivity index (χ3v) is 8.03. The Hall–Kier alpha value is -1.77. The van der Waals surface area contributed by atoms with Gasteiger partial charge in [-0.1, -0.05) is 24.3 Å².